The molecule has 3 fully saturated rings. The van der Waals surface area contributed by atoms with E-state index < -0.39 is 0 Å². The maximum Gasteiger partial charge on any atom is 0.0951 e. The third-order valence-corrected chi connectivity index (χ3v) is 4.86. The lowest BCUT2D eigenvalue weighted by Crippen LogP contribution is -2.48. The highest BCUT2D eigenvalue weighted by Gasteiger charge is 2.43. The highest BCUT2D eigenvalue weighted by atomic mass is 16.6. The van der Waals surface area contributed by atoms with Crippen LogP contribution in [0.4, 0.5) is 0 Å². The molecule has 4 nitrogen and oxygen atoms in total. The summed E-state index contributed by atoms with van der Waals surface area (Å²) in [4.78, 5) is 2.70. The quantitative estimate of drug-likeness (QED) is 0.810. The van der Waals surface area contributed by atoms with E-state index >= 15 is 0 Å². The van der Waals surface area contributed by atoms with Crippen molar-refractivity contribution in [2.24, 2.45) is 5.92 Å². The minimum absolute atomic E-state index is 0.0595. The lowest BCUT2D eigenvalue weighted by molar-refractivity contribution is -0.104. The normalized spacial score (nSPS) is 41.8. The molecule has 3 unspecified atom stereocenters. The molecule has 1 spiro atoms. The molecule has 3 aliphatic rings. The minimum atomic E-state index is 0.0595. The van der Waals surface area contributed by atoms with Crippen LogP contribution in [0.3, 0.4) is 0 Å². The molecule has 0 aliphatic carbocycles. The van der Waals surface area contributed by atoms with Gasteiger partial charge in [-0.2, -0.15) is 0 Å². The fourth-order valence-electron chi connectivity index (χ4n) is 3.83. The van der Waals surface area contributed by atoms with E-state index in [2.05, 4.69) is 17.3 Å². The first-order valence-electron chi connectivity index (χ1n) is 7.42. The summed E-state index contributed by atoms with van der Waals surface area (Å²) in [5, 5.41) is 3.31. The Morgan fingerprint density at radius 2 is 2.28 bits per heavy atom. The van der Waals surface area contributed by atoms with Gasteiger partial charge < -0.3 is 14.8 Å². The average molecular weight is 254 g/mol. The van der Waals surface area contributed by atoms with E-state index in [9.17, 15) is 0 Å². The van der Waals surface area contributed by atoms with E-state index in [1.54, 1.807) is 0 Å². The summed E-state index contributed by atoms with van der Waals surface area (Å²) in [6.45, 7) is 6.32. The minimum Gasteiger partial charge on any atom is -0.378 e. The molecule has 3 heterocycles. The molecule has 3 atom stereocenters. The predicted molar refractivity (Wildman–Crippen MR) is 70.7 cm³/mol. The summed E-state index contributed by atoms with van der Waals surface area (Å²) in [6.07, 6.45) is 4.83. The molecule has 3 aliphatic heterocycles. The van der Waals surface area contributed by atoms with E-state index in [-0.39, 0.29) is 5.60 Å². The van der Waals surface area contributed by atoms with Gasteiger partial charge in [0, 0.05) is 32.2 Å². The molecule has 0 aromatic carbocycles. The van der Waals surface area contributed by atoms with Crippen molar-refractivity contribution in [1.29, 1.82) is 0 Å². The Balaban J connectivity index is 1.56. The summed E-state index contributed by atoms with van der Waals surface area (Å²) in [7, 11) is 2.06. The van der Waals surface area contributed by atoms with Crippen LogP contribution in [0.2, 0.25) is 0 Å². The van der Waals surface area contributed by atoms with Crippen molar-refractivity contribution in [3.63, 3.8) is 0 Å². The molecule has 0 aromatic rings. The average Bonchev–Trinajstić information content (AvgIpc) is 3.00. The monoisotopic (exact) mass is 254 g/mol. The van der Waals surface area contributed by atoms with Gasteiger partial charge in [-0.3, -0.25) is 4.90 Å². The van der Waals surface area contributed by atoms with Gasteiger partial charge in [0.2, 0.25) is 0 Å². The standard InChI is InChI=1S/C14H26N2O2/c1-15-9-12-2-5-16(10-12)13-3-6-18-14(8-13)4-7-17-11-14/h12-13,15H,2-11H2,1H3. The topological polar surface area (TPSA) is 33.7 Å². The van der Waals surface area contributed by atoms with Crippen LogP contribution >= 0.6 is 0 Å². The molecule has 3 rings (SSSR count). The van der Waals surface area contributed by atoms with Gasteiger partial charge in [0.15, 0.2) is 0 Å². The summed E-state index contributed by atoms with van der Waals surface area (Å²) in [5.41, 5.74) is 0.0595. The molecule has 0 saturated carbocycles. The summed E-state index contributed by atoms with van der Waals surface area (Å²) in [5.74, 6) is 0.841. The second-order valence-corrected chi connectivity index (χ2v) is 6.19. The van der Waals surface area contributed by atoms with Crippen LogP contribution in [0.15, 0.2) is 0 Å². The fourth-order valence-corrected chi connectivity index (χ4v) is 3.83. The van der Waals surface area contributed by atoms with Gasteiger partial charge in [-0.25, -0.2) is 0 Å². The second kappa shape index (κ2) is 5.45. The van der Waals surface area contributed by atoms with E-state index in [1.807, 2.05) is 0 Å². The fraction of sp³-hybridized carbons (Fsp3) is 1.00. The lowest BCUT2D eigenvalue weighted by atomic mass is 9.89. The number of ether oxygens (including phenoxy) is 2. The van der Waals surface area contributed by atoms with Crippen molar-refractivity contribution in [1.82, 2.24) is 10.2 Å². The largest absolute Gasteiger partial charge is 0.378 e. The van der Waals surface area contributed by atoms with Gasteiger partial charge in [-0.1, -0.05) is 0 Å². The van der Waals surface area contributed by atoms with E-state index in [1.165, 1.54) is 32.4 Å². The molecular formula is C14H26N2O2. The zero-order valence-corrected chi connectivity index (χ0v) is 11.5. The number of likely N-dealkylation sites (tertiary alicyclic amines) is 1. The molecule has 18 heavy (non-hydrogen) atoms. The number of rotatable bonds is 3. The van der Waals surface area contributed by atoms with Crippen molar-refractivity contribution < 1.29 is 9.47 Å². The first kappa shape index (κ1) is 12.9. The first-order valence-corrected chi connectivity index (χ1v) is 7.42. The summed E-state index contributed by atoms with van der Waals surface area (Å²) < 4.78 is 11.6. The molecule has 1 N–H and O–H groups in total. The number of hydrogen-bond acceptors (Lipinski definition) is 4. The summed E-state index contributed by atoms with van der Waals surface area (Å²) in [6, 6.07) is 0.724. The van der Waals surface area contributed by atoms with Crippen molar-refractivity contribution in [2.75, 3.05) is 46.5 Å². The molecule has 104 valence electrons. The zero-order chi connectivity index (χ0) is 12.4. The summed E-state index contributed by atoms with van der Waals surface area (Å²) >= 11 is 0. The maximum absolute atomic E-state index is 6.03. The third kappa shape index (κ3) is 2.57. The van der Waals surface area contributed by atoms with Crippen LogP contribution in [0.1, 0.15) is 25.7 Å². The third-order valence-electron chi connectivity index (χ3n) is 4.86. The number of nitrogens with one attached hydrogen (secondary N) is 1. The number of hydrogen-bond donors (Lipinski definition) is 1. The Kier molecular flexibility index (Phi) is 3.89. The van der Waals surface area contributed by atoms with Gasteiger partial charge in [0.25, 0.3) is 0 Å². The predicted octanol–water partition coefficient (Wildman–Crippen LogP) is 0.866. The number of nitrogens with zero attached hydrogens (tertiary/aromatic N) is 1. The van der Waals surface area contributed by atoms with Gasteiger partial charge in [-0.05, 0) is 45.3 Å². The Labute approximate surface area is 110 Å². The van der Waals surface area contributed by atoms with E-state index in [4.69, 9.17) is 9.47 Å². The molecule has 0 bridgehead atoms. The van der Waals surface area contributed by atoms with Crippen LogP contribution in [0.25, 0.3) is 0 Å². The SMILES string of the molecule is CNCC1CCN(C2CCOC3(CCOC3)C2)C1. The van der Waals surface area contributed by atoms with Crippen LogP contribution in [-0.4, -0.2) is 63.0 Å². The second-order valence-electron chi connectivity index (χ2n) is 6.19. The molecule has 0 aromatic heterocycles. The van der Waals surface area contributed by atoms with Gasteiger partial charge in [0.05, 0.1) is 12.2 Å². The Hall–Kier alpha value is -0.160. The Bertz CT molecular complexity index is 279. The van der Waals surface area contributed by atoms with Crippen molar-refractivity contribution in [3.05, 3.63) is 0 Å². The van der Waals surface area contributed by atoms with E-state index in [0.29, 0.717) is 0 Å². The van der Waals surface area contributed by atoms with E-state index in [0.717, 1.165) is 44.7 Å². The highest BCUT2D eigenvalue weighted by Crippen LogP contribution is 2.36. The van der Waals surface area contributed by atoms with Crippen molar-refractivity contribution in [3.8, 4) is 0 Å². The Morgan fingerprint density at radius 3 is 3.06 bits per heavy atom. The molecule has 0 amide bonds. The van der Waals surface area contributed by atoms with Crippen LogP contribution < -0.4 is 5.32 Å². The van der Waals surface area contributed by atoms with Crippen LogP contribution in [0, 0.1) is 5.92 Å². The van der Waals surface area contributed by atoms with Crippen molar-refractivity contribution in [2.45, 2.75) is 37.3 Å². The maximum atomic E-state index is 6.03. The zero-order valence-electron chi connectivity index (χ0n) is 11.5. The van der Waals surface area contributed by atoms with Crippen molar-refractivity contribution >= 4 is 0 Å². The van der Waals surface area contributed by atoms with Gasteiger partial charge >= 0.3 is 0 Å². The smallest absolute Gasteiger partial charge is 0.0951 e. The van der Waals surface area contributed by atoms with Crippen LogP contribution in [-0.2, 0) is 9.47 Å². The molecule has 4 heteroatoms. The van der Waals surface area contributed by atoms with Gasteiger partial charge in [-0.15, -0.1) is 0 Å². The highest BCUT2D eigenvalue weighted by molar-refractivity contribution is 4.95. The molecule has 3 saturated heterocycles. The van der Waals surface area contributed by atoms with Crippen LogP contribution in [0.5, 0.6) is 0 Å². The lowest BCUT2D eigenvalue weighted by Gasteiger charge is -2.41. The first-order chi connectivity index (χ1) is 8.81. The van der Waals surface area contributed by atoms with Gasteiger partial charge in [0.1, 0.15) is 0 Å². The molecule has 0 radical (unpaired) electrons. The molecular weight excluding hydrogens is 228 g/mol. The Morgan fingerprint density at radius 1 is 1.33 bits per heavy atom.